The van der Waals surface area contributed by atoms with Gasteiger partial charge in [0.2, 0.25) is 5.95 Å². The van der Waals surface area contributed by atoms with Crippen LogP contribution in [-0.4, -0.2) is 19.5 Å². The summed E-state index contributed by atoms with van der Waals surface area (Å²) in [4.78, 5) is 23.7. The van der Waals surface area contributed by atoms with E-state index in [2.05, 4.69) is 30.9 Å². The van der Waals surface area contributed by atoms with Gasteiger partial charge in [-0.3, -0.25) is 9.36 Å². The Hall–Kier alpha value is -1.67. The number of hydrogen-bond donors (Lipinski definition) is 2. The number of rotatable bonds is 2. The van der Waals surface area contributed by atoms with Gasteiger partial charge in [-0.2, -0.15) is 4.98 Å². The van der Waals surface area contributed by atoms with E-state index in [0.717, 1.165) is 4.88 Å². The lowest BCUT2D eigenvalue weighted by Crippen LogP contribution is -2.26. The molecule has 0 spiro atoms. The van der Waals surface area contributed by atoms with Crippen molar-refractivity contribution < 1.29 is 0 Å². The summed E-state index contributed by atoms with van der Waals surface area (Å²) in [5, 5.41) is 1.94. The number of nitrogens with one attached hydrogen (secondary N) is 1. The molecular weight excluding hydrogens is 318 g/mol. The number of anilines is 1. The fourth-order valence-electron chi connectivity index (χ4n) is 1.69. The number of imidazole rings is 1. The largest absolute Gasteiger partial charge is 0.369 e. The normalized spacial score (nSPS) is 12.9. The molecule has 3 aromatic rings. The van der Waals surface area contributed by atoms with E-state index < -0.39 is 0 Å². The topological polar surface area (TPSA) is 89.6 Å². The lowest BCUT2D eigenvalue weighted by Gasteiger charge is -2.13. The average molecular weight is 326 g/mol. The van der Waals surface area contributed by atoms with Crippen molar-refractivity contribution in [2.75, 3.05) is 5.73 Å². The van der Waals surface area contributed by atoms with Gasteiger partial charge in [-0.25, -0.2) is 4.98 Å². The van der Waals surface area contributed by atoms with Crippen LogP contribution in [0.4, 0.5) is 5.95 Å². The van der Waals surface area contributed by atoms with Crippen molar-refractivity contribution in [1.29, 1.82) is 0 Å². The van der Waals surface area contributed by atoms with Crippen LogP contribution < -0.4 is 11.3 Å². The predicted octanol–water partition coefficient (Wildman–Crippen LogP) is 1.71. The number of aromatic nitrogens is 4. The number of thiophene rings is 1. The number of nitrogens with two attached hydrogens (primary N) is 1. The average Bonchev–Trinajstić information content (AvgIpc) is 2.98. The Labute approximate surface area is 114 Å². The lowest BCUT2D eigenvalue weighted by atomic mass is 10.4. The third-order valence-corrected chi connectivity index (χ3v) is 4.65. The Morgan fingerprint density at radius 1 is 1.56 bits per heavy atom. The van der Waals surface area contributed by atoms with Crippen molar-refractivity contribution in [3.05, 3.63) is 39.1 Å². The van der Waals surface area contributed by atoms with Crippen LogP contribution in [0.25, 0.3) is 11.2 Å². The smallest absolute Gasteiger partial charge is 0.282 e. The van der Waals surface area contributed by atoms with Crippen molar-refractivity contribution in [3.63, 3.8) is 0 Å². The van der Waals surface area contributed by atoms with Crippen molar-refractivity contribution in [2.45, 2.75) is 4.95 Å². The molecule has 0 saturated carbocycles. The Balaban J connectivity index is 2.25. The second kappa shape index (κ2) is 4.21. The first-order valence-corrected chi connectivity index (χ1v) is 6.86. The molecule has 1 atom stereocenters. The predicted molar refractivity (Wildman–Crippen MR) is 73.9 cm³/mol. The molecule has 3 N–H and O–H groups in total. The van der Waals surface area contributed by atoms with Crippen molar-refractivity contribution >= 4 is 44.4 Å². The molecule has 3 aromatic heterocycles. The van der Waals surface area contributed by atoms with E-state index in [1.807, 2.05) is 17.5 Å². The molecule has 3 heterocycles. The first-order chi connectivity index (χ1) is 8.68. The van der Waals surface area contributed by atoms with Crippen LogP contribution >= 0.6 is 27.3 Å². The Bertz CT molecular complexity index is 747. The molecule has 92 valence electrons. The second-order valence-electron chi connectivity index (χ2n) is 3.60. The molecule has 1 unspecified atom stereocenters. The Morgan fingerprint density at radius 3 is 3.11 bits per heavy atom. The summed E-state index contributed by atoms with van der Waals surface area (Å²) < 4.78 is 1.40. The van der Waals surface area contributed by atoms with Gasteiger partial charge in [-0.15, -0.1) is 11.3 Å². The van der Waals surface area contributed by atoms with Crippen LogP contribution in [-0.2, 0) is 0 Å². The van der Waals surface area contributed by atoms with E-state index >= 15 is 0 Å². The van der Waals surface area contributed by atoms with Crippen LogP contribution in [0, 0.1) is 0 Å². The van der Waals surface area contributed by atoms with Crippen LogP contribution in [0.1, 0.15) is 9.83 Å². The third kappa shape index (κ3) is 1.65. The van der Waals surface area contributed by atoms with E-state index in [1.165, 1.54) is 22.2 Å². The zero-order chi connectivity index (χ0) is 12.7. The van der Waals surface area contributed by atoms with Gasteiger partial charge in [0.1, 0.15) is 4.95 Å². The zero-order valence-electron chi connectivity index (χ0n) is 9.00. The van der Waals surface area contributed by atoms with Gasteiger partial charge >= 0.3 is 0 Å². The van der Waals surface area contributed by atoms with Crippen molar-refractivity contribution in [1.82, 2.24) is 19.5 Å². The number of alkyl halides is 1. The van der Waals surface area contributed by atoms with Gasteiger partial charge in [0.15, 0.2) is 11.2 Å². The van der Waals surface area contributed by atoms with Crippen molar-refractivity contribution in [2.24, 2.45) is 0 Å². The molecule has 6 nitrogen and oxygen atoms in total. The molecule has 0 aliphatic carbocycles. The Kier molecular flexibility index (Phi) is 2.67. The first-order valence-electron chi connectivity index (χ1n) is 5.07. The minimum Gasteiger partial charge on any atom is -0.369 e. The highest BCUT2D eigenvalue weighted by Crippen LogP contribution is 2.29. The molecule has 0 aliphatic heterocycles. The van der Waals surface area contributed by atoms with Gasteiger partial charge in [-0.05, 0) is 11.4 Å². The number of H-pyrrole nitrogens is 1. The molecule has 0 bridgehead atoms. The minimum absolute atomic E-state index is 0.134. The number of fused-ring (bicyclic) bond motifs is 1. The molecule has 3 rings (SSSR count). The van der Waals surface area contributed by atoms with E-state index in [-0.39, 0.29) is 16.5 Å². The summed E-state index contributed by atoms with van der Waals surface area (Å²) >= 11 is 5.00. The third-order valence-electron chi connectivity index (χ3n) is 2.52. The summed E-state index contributed by atoms with van der Waals surface area (Å²) in [6.07, 6.45) is 1.43. The molecule has 0 saturated heterocycles. The van der Waals surface area contributed by atoms with Gasteiger partial charge in [0.25, 0.3) is 5.56 Å². The highest BCUT2D eigenvalue weighted by Gasteiger charge is 2.18. The lowest BCUT2D eigenvalue weighted by molar-refractivity contribution is 0.764. The fourth-order valence-corrected chi connectivity index (χ4v) is 3.25. The summed E-state index contributed by atoms with van der Waals surface area (Å²) in [5.74, 6) is 0.134. The number of aromatic amines is 1. The number of nitrogens with zero attached hydrogens (tertiary/aromatic N) is 3. The molecule has 18 heavy (non-hydrogen) atoms. The van der Waals surface area contributed by atoms with Gasteiger partial charge in [-0.1, -0.05) is 22.0 Å². The molecule has 8 heteroatoms. The maximum Gasteiger partial charge on any atom is 0.282 e. The Morgan fingerprint density at radius 2 is 2.39 bits per heavy atom. The molecule has 0 fully saturated rings. The minimum atomic E-state index is -0.329. The monoisotopic (exact) mass is 325 g/mol. The maximum atomic E-state index is 12.3. The summed E-state index contributed by atoms with van der Waals surface area (Å²) in [7, 11) is 0. The quantitative estimate of drug-likeness (QED) is 0.702. The number of nitrogen functional groups attached to an aromatic ring is 1. The van der Waals surface area contributed by atoms with Crippen LogP contribution in [0.15, 0.2) is 28.6 Å². The molecule has 0 radical (unpaired) electrons. The van der Waals surface area contributed by atoms with Crippen LogP contribution in [0.5, 0.6) is 0 Å². The molecule has 0 aliphatic rings. The van der Waals surface area contributed by atoms with E-state index in [4.69, 9.17) is 5.73 Å². The molecular formula is C10H8BrN5OS. The van der Waals surface area contributed by atoms with Crippen molar-refractivity contribution in [3.8, 4) is 0 Å². The highest BCUT2D eigenvalue weighted by atomic mass is 79.9. The van der Waals surface area contributed by atoms with E-state index in [1.54, 1.807) is 0 Å². The van der Waals surface area contributed by atoms with Gasteiger partial charge in [0, 0.05) is 4.88 Å². The van der Waals surface area contributed by atoms with Gasteiger partial charge < -0.3 is 10.7 Å². The second-order valence-corrected chi connectivity index (χ2v) is 5.44. The maximum absolute atomic E-state index is 12.3. The summed E-state index contributed by atoms with van der Waals surface area (Å²) in [6, 6.07) is 3.84. The fraction of sp³-hybridized carbons (Fsp3) is 0.100. The summed E-state index contributed by atoms with van der Waals surface area (Å²) in [5.41, 5.74) is 6.27. The first kappa shape index (κ1) is 11.4. The molecule has 0 amide bonds. The number of halogens is 1. The highest BCUT2D eigenvalue weighted by molar-refractivity contribution is 9.09. The SMILES string of the molecule is Nc1nc2nc[nH]c2c(=O)n1C(Br)c1cccs1. The van der Waals surface area contributed by atoms with Gasteiger partial charge in [0.05, 0.1) is 6.33 Å². The molecule has 0 aromatic carbocycles. The van der Waals surface area contributed by atoms with Crippen LogP contribution in [0.2, 0.25) is 0 Å². The van der Waals surface area contributed by atoms with E-state index in [9.17, 15) is 4.79 Å². The summed E-state index contributed by atoms with van der Waals surface area (Å²) in [6.45, 7) is 0. The van der Waals surface area contributed by atoms with E-state index in [0.29, 0.717) is 11.2 Å². The van der Waals surface area contributed by atoms with Crippen LogP contribution in [0.3, 0.4) is 0 Å². The standard InChI is InChI=1S/C10H8BrN5OS/c11-7(5-2-1-3-18-5)16-9(17)6-8(14-4-13-6)15-10(16)12/h1-4,7H,(H2,12,15)(H,13,14). The number of hydrogen-bond acceptors (Lipinski definition) is 5. The zero-order valence-corrected chi connectivity index (χ0v) is 11.4.